The molecule has 0 aliphatic carbocycles. The van der Waals surface area contributed by atoms with Gasteiger partial charge in [0, 0.05) is 18.7 Å². The Kier molecular flexibility index (Phi) is 3.28. The Labute approximate surface area is 99.2 Å². The summed E-state index contributed by atoms with van der Waals surface area (Å²) >= 11 is 0. The number of ether oxygens (including phenoxy) is 1. The van der Waals surface area contributed by atoms with E-state index in [0.717, 1.165) is 6.42 Å². The number of carbonyl (C=O) groups is 1. The van der Waals surface area contributed by atoms with Crippen molar-refractivity contribution >= 4 is 11.6 Å². The lowest BCUT2D eigenvalue weighted by molar-refractivity contribution is -0.121. The fourth-order valence-corrected chi connectivity index (χ4v) is 1.74. The van der Waals surface area contributed by atoms with Gasteiger partial charge in [-0.3, -0.25) is 4.79 Å². The van der Waals surface area contributed by atoms with Crippen LogP contribution in [0.1, 0.15) is 13.3 Å². The summed E-state index contributed by atoms with van der Waals surface area (Å²) in [4.78, 5) is 13.2. The normalized spacial score (nSPS) is 16.4. The van der Waals surface area contributed by atoms with E-state index in [1.165, 1.54) is 23.1 Å². The summed E-state index contributed by atoms with van der Waals surface area (Å²) in [5.74, 6) is -0.0570. The molecule has 0 saturated heterocycles. The topological polar surface area (TPSA) is 55.6 Å². The number of carbonyl (C=O) groups excluding carboxylic acids is 1. The second kappa shape index (κ2) is 4.71. The Morgan fingerprint density at radius 3 is 3.06 bits per heavy atom. The molecule has 92 valence electrons. The Hall–Kier alpha value is -1.62. The number of rotatable bonds is 3. The van der Waals surface area contributed by atoms with E-state index in [4.69, 9.17) is 10.5 Å². The third-order valence-electron chi connectivity index (χ3n) is 2.81. The number of amides is 1. The minimum Gasteiger partial charge on any atom is -0.482 e. The molecule has 0 fully saturated rings. The van der Waals surface area contributed by atoms with Crippen LogP contribution >= 0.6 is 0 Å². The molecule has 0 bridgehead atoms. The van der Waals surface area contributed by atoms with E-state index in [-0.39, 0.29) is 18.6 Å². The molecule has 2 N–H and O–H groups in total. The quantitative estimate of drug-likeness (QED) is 0.863. The Bertz CT molecular complexity index is 437. The van der Waals surface area contributed by atoms with Crippen LogP contribution in [-0.2, 0) is 4.79 Å². The van der Waals surface area contributed by atoms with Gasteiger partial charge in [0.05, 0.1) is 5.69 Å². The van der Waals surface area contributed by atoms with Gasteiger partial charge in [0.1, 0.15) is 11.6 Å². The molecule has 2 rings (SSSR count). The van der Waals surface area contributed by atoms with Crippen molar-refractivity contribution in [3.8, 4) is 5.75 Å². The fourth-order valence-electron chi connectivity index (χ4n) is 1.74. The van der Waals surface area contributed by atoms with Gasteiger partial charge in [-0.05, 0) is 18.6 Å². The molecular formula is C12H15FN2O2. The molecule has 1 aromatic carbocycles. The zero-order valence-electron chi connectivity index (χ0n) is 9.65. The predicted molar refractivity (Wildman–Crippen MR) is 62.5 cm³/mol. The van der Waals surface area contributed by atoms with Gasteiger partial charge in [0.2, 0.25) is 0 Å². The maximum Gasteiger partial charge on any atom is 0.265 e. The number of halogens is 1. The third-order valence-corrected chi connectivity index (χ3v) is 2.81. The smallest absolute Gasteiger partial charge is 0.265 e. The fraction of sp³-hybridized carbons (Fsp3) is 0.417. The molecule has 1 atom stereocenters. The van der Waals surface area contributed by atoms with E-state index in [1.807, 2.05) is 6.92 Å². The first-order chi connectivity index (χ1) is 8.11. The number of nitrogens with two attached hydrogens (primary N) is 1. The van der Waals surface area contributed by atoms with Crippen molar-refractivity contribution in [3.63, 3.8) is 0 Å². The summed E-state index contributed by atoms with van der Waals surface area (Å²) in [5, 5.41) is 0. The predicted octanol–water partition coefficient (Wildman–Crippen LogP) is 1.29. The monoisotopic (exact) mass is 238 g/mol. The number of benzene rings is 1. The highest BCUT2D eigenvalue weighted by molar-refractivity contribution is 5.97. The Morgan fingerprint density at radius 2 is 2.35 bits per heavy atom. The maximum atomic E-state index is 13.2. The summed E-state index contributed by atoms with van der Waals surface area (Å²) in [6.07, 6.45) is 0.759. The van der Waals surface area contributed by atoms with Gasteiger partial charge in [0.25, 0.3) is 5.91 Å². The van der Waals surface area contributed by atoms with Crippen molar-refractivity contribution in [1.29, 1.82) is 0 Å². The van der Waals surface area contributed by atoms with E-state index >= 15 is 0 Å². The standard InChI is InChI=1S/C12H15FN2O2/c1-2-9(14)6-15-10-5-8(13)3-4-11(10)17-7-12(15)16/h3-5,9H,2,6-7,14H2,1H3. The van der Waals surface area contributed by atoms with Crippen LogP contribution in [-0.4, -0.2) is 25.1 Å². The highest BCUT2D eigenvalue weighted by Gasteiger charge is 2.26. The van der Waals surface area contributed by atoms with Gasteiger partial charge >= 0.3 is 0 Å². The van der Waals surface area contributed by atoms with Crippen LogP contribution < -0.4 is 15.4 Å². The van der Waals surface area contributed by atoms with Gasteiger partial charge < -0.3 is 15.4 Å². The highest BCUT2D eigenvalue weighted by Crippen LogP contribution is 2.32. The number of nitrogens with zero attached hydrogens (tertiary/aromatic N) is 1. The molecule has 0 radical (unpaired) electrons. The Morgan fingerprint density at radius 1 is 1.59 bits per heavy atom. The van der Waals surface area contributed by atoms with E-state index < -0.39 is 5.82 Å². The van der Waals surface area contributed by atoms with Crippen LogP contribution in [0.2, 0.25) is 0 Å². The number of fused-ring (bicyclic) bond motifs is 1. The van der Waals surface area contributed by atoms with Crippen molar-refractivity contribution in [2.24, 2.45) is 5.73 Å². The largest absolute Gasteiger partial charge is 0.482 e. The molecule has 1 aliphatic heterocycles. The molecule has 1 amide bonds. The van der Waals surface area contributed by atoms with Gasteiger partial charge in [-0.1, -0.05) is 6.92 Å². The van der Waals surface area contributed by atoms with Crippen molar-refractivity contribution < 1.29 is 13.9 Å². The average molecular weight is 238 g/mol. The van der Waals surface area contributed by atoms with Crippen LogP contribution in [0.4, 0.5) is 10.1 Å². The number of hydrogen-bond donors (Lipinski definition) is 1. The lowest BCUT2D eigenvalue weighted by atomic mass is 10.1. The molecule has 1 heterocycles. The molecule has 0 saturated carbocycles. The molecule has 1 unspecified atom stereocenters. The van der Waals surface area contributed by atoms with Gasteiger partial charge in [-0.15, -0.1) is 0 Å². The minimum absolute atomic E-state index is 0.0188. The summed E-state index contributed by atoms with van der Waals surface area (Å²) < 4.78 is 18.4. The lowest BCUT2D eigenvalue weighted by Crippen LogP contribution is -2.45. The van der Waals surface area contributed by atoms with E-state index in [2.05, 4.69) is 0 Å². The van der Waals surface area contributed by atoms with Crippen LogP contribution in [0.15, 0.2) is 18.2 Å². The maximum absolute atomic E-state index is 13.2. The van der Waals surface area contributed by atoms with E-state index in [9.17, 15) is 9.18 Å². The molecule has 0 aromatic heterocycles. The van der Waals surface area contributed by atoms with Crippen molar-refractivity contribution in [2.75, 3.05) is 18.1 Å². The second-order valence-corrected chi connectivity index (χ2v) is 4.07. The summed E-state index contributed by atoms with van der Waals surface area (Å²) in [7, 11) is 0. The number of hydrogen-bond acceptors (Lipinski definition) is 3. The molecule has 5 heteroatoms. The Balaban J connectivity index is 2.32. The second-order valence-electron chi connectivity index (χ2n) is 4.07. The van der Waals surface area contributed by atoms with E-state index in [1.54, 1.807) is 0 Å². The minimum atomic E-state index is -0.392. The third kappa shape index (κ3) is 2.39. The summed E-state index contributed by atoms with van der Waals surface area (Å²) in [6, 6.07) is 4.02. The van der Waals surface area contributed by atoms with Crippen LogP contribution in [0, 0.1) is 5.82 Å². The van der Waals surface area contributed by atoms with Crippen molar-refractivity contribution in [2.45, 2.75) is 19.4 Å². The highest BCUT2D eigenvalue weighted by atomic mass is 19.1. The number of anilines is 1. The van der Waals surface area contributed by atoms with Crippen LogP contribution in [0.5, 0.6) is 5.75 Å². The zero-order valence-corrected chi connectivity index (χ0v) is 9.65. The molecule has 0 spiro atoms. The van der Waals surface area contributed by atoms with Crippen LogP contribution in [0.25, 0.3) is 0 Å². The van der Waals surface area contributed by atoms with Crippen molar-refractivity contribution in [1.82, 2.24) is 0 Å². The molecule has 1 aliphatic rings. The first-order valence-corrected chi connectivity index (χ1v) is 5.60. The summed E-state index contributed by atoms with van der Waals surface area (Å²) in [5.41, 5.74) is 6.30. The average Bonchev–Trinajstić information content (AvgIpc) is 2.32. The van der Waals surface area contributed by atoms with Gasteiger partial charge in [-0.2, -0.15) is 0 Å². The molecule has 1 aromatic rings. The SMILES string of the molecule is CCC(N)CN1C(=O)COc2ccc(F)cc21. The first kappa shape index (κ1) is 11.9. The lowest BCUT2D eigenvalue weighted by Gasteiger charge is -2.31. The van der Waals surface area contributed by atoms with Gasteiger partial charge in [0.15, 0.2) is 6.61 Å². The van der Waals surface area contributed by atoms with Crippen molar-refractivity contribution in [3.05, 3.63) is 24.0 Å². The van der Waals surface area contributed by atoms with Gasteiger partial charge in [-0.25, -0.2) is 4.39 Å². The zero-order chi connectivity index (χ0) is 12.4. The molecule has 17 heavy (non-hydrogen) atoms. The molecule has 4 nitrogen and oxygen atoms in total. The van der Waals surface area contributed by atoms with Crippen LogP contribution in [0.3, 0.4) is 0 Å². The first-order valence-electron chi connectivity index (χ1n) is 5.60. The van der Waals surface area contributed by atoms with E-state index in [0.29, 0.717) is 18.0 Å². The summed E-state index contributed by atoms with van der Waals surface area (Å²) in [6.45, 7) is 2.31. The molecular weight excluding hydrogens is 223 g/mol.